The van der Waals surface area contributed by atoms with Gasteiger partial charge in [0.1, 0.15) is 18.1 Å². The van der Waals surface area contributed by atoms with E-state index >= 15 is 0 Å². The zero-order valence-electron chi connectivity index (χ0n) is 23.6. The number of Topliss-reactive ketones (excluding diaryl/α,β-unsaturated/α-hetero) is 1. The van der Waals surface area contributed by atoms with Crippen LogP contribution in [0.15, 0.2) is 72.3 Å². The van der Waals surface area contributed by atoms with Crippen LogP contribution in [0.3, 0.4) is 0 Å². The SMILES string of the molecule is CCOc1ccc(C2/C(=C(\O)c3ccc(OCc4ccccc4C)cc3)C(=O)C(=O)N2CCN(C)C)cc1OC. The van der Waals surface area contributed by atoms with Crippen LogP contribution in [-0.4, -0.2) is 67.5 Å². The number of aryl methyl sites for hydroxylation is 1. The third-order valence-electron chi connectivity index (χ3n) is 6.91. The van der Waals surface area contributed by atoms with Gasteiger partial charge in [0.2, 0.25) is 0 Å². The molecule has 1 aliphatic rings. The Bertz CT molecular complexity index is 1400. The number of rotatable bonds is 11. The molecule has 1 amide bonds. The van der Waals surface area contributed by atoms with Crippen LogP contribution in [0.2, 0.25) is 0 Å². The Morgan fingerprint density at radius 3 is 2.35 bits per heavy atom. The number of benzene rings is 3. The highest BCUT2D eigenvalue weighted by Gasteiger charge is 2.46. The van der Waals surface area contributed by atoms with Gasteiger partial charge in [-0.2, -0.15) is 0 Å². The molecule has 3 aromatic rings. The highest BCUT2D eigenvalue weighted by Crippen LogP contribution is 2.42. The number of amides is 1. The van der Waals surface area contributed by atoms with E-state index in [4.69, 9.17) is 14.2 Å². The molecule has 0 saturated carbocycles. The maximum Gasteiger partial charge on any atom is 0.295 e. The number of ketones is 1. The minimum absolute atomic E-state index is 0.0311. The number of likely N-dealkylation sites (tertiary alicyclic amines) is 1. The number of aliphatic hydroxyl groups is 1. The minimum Gasteiger partial charge on any atom is -0.507 e. The molecule has 4 rings (SSSR count). The zero-order chi connectivity index (χ0) is 28.8. The van der Waals surface area contributed by atoms with Crippen LogP contribution < -0.4 is 14.2 Å². The van der Waals surface area contributed by atoms with Crippen molar-refractivity contribution in [3.8, 4) is 17.2 Å². The average molecular weight is 545 g/mol. The monoisotopic (exact) mass is 544 g/mol. The Balaban J connectivity index is 1.69. The van der Waals surface area contributed by atoms with Crippen molar-refractivity contribution < 1.29 is 28.9 Å². The smallest absolute Gasteiger partial charge is 0.295 e. The molecule has 1 N–H and O–H groups in total. The summed E-state index contributed by atoms with van der Waals surface area (Å²) in [6.45, 7) is 5.63. The first kappa shape index (κ1) is 28.7. The summed E-state index contributed by atoms with van der Waals surface area (Å²) in [5, 5.41) is 11.4. The Labute approximate surface area is 235 Å². The molecule has 1 aliphatic heterocycles. The Morgan fingerprint density at radius 1 is 0.975 bits per heavy atom. The molecule has 0 aliphatic carbocycles. The number of nitrogens with zero attached hydrogens (tertiary/aromatic N) is 2. The van der Waals surface area contributed by atoms with Gasteiger partial charge in [-0.3, -0.25) is 9.59 Å². The first-order chi connectivity index (χ1) is 19.2. The summed E-state index contributed by atoms with van der Waals surface area (Å²) in [5.74, 6) is 0.0365. The van der Waals surface area contributed by atoms with Crippen molar-refractivity contribution >= 4 is 17.4 Å². The summed E-state index contributed by atoms with van der Waals surface area (Å²) in [4.78, 5) is 30.0. The molecule has 3 aromatic carbocycles. The van der Waals surface area contributed by atoms with Crippen LogP contribution in [0.4, 0.5) is 0 Å². The molecular weight excluding hydrogens is 508 g/mol. The lowest BCUT2D eigenvalue weighted by molar-refractivity contribution is -0.140. The van der Waals surface area contributed by atoms with E-state index in [1.165, 1.54) is 12.0 Å². The number of likely N-dealkylation sites (N-methyl/N-ethyl adjacent to an activating group) is 1. The predicted octanol–water partition coefficient (Wildman–Crippen LogP) is 4.96. The molecular formula is C32H36N2O6. The van der Waals surface area contributed by atoms with Gasteiger partial charge in [0.05, 0.1) is 25.3 Å². The van der Waals surface area contributed by atoms with Crippen LogP contribution in [0.5, 0.6) is 17.2 Å². The van der Waals surface area contributed by atoms with Crippen molar-refractivity contribution in [2.24, 2.45) is 0 Å². The Kier molecular flexibility index (Phi) is 9.11. The first-order valence-corrected chi connectivity index (χ1v) is 13.3. The zero-order valence-corrected chi connectivity index (χ0v) is 23.6. The third-order valence-corrected chi connectivity index (χ3v) is 6.91. The number of carbonyl (C=O) groups excluding carboxylic acids is 2. The fourth-order valence-corrected chi connectivity index (χ4v) is 4.69. The van der Waals surface area contributed by atoms with E-state index in [0.29, 0.717) is 54.7 Å². The van der Waals surface area contributed by atoms with Crippen molar-refractivity contribution in [1.82, 2.24) is 9.80 Å². The molecule has 1 fully saturated rings. The van der Waals surface area contributed by atoms with E-state index < -0.39 is 17.7 Å². The highest BCUT2D eigenvalue weighted by molar-refractivity contribution is 6.46. The van der Waals surface area contributed by atoms with Crippen LogP contribution in [0, 0.1) is 6.92 Å². The Morgan fingerprint density at radius 2 is 1.70 bits per heavy atom. The summed E-state index contributed by atoms with van der Waals surface area (Å²) in [6.07, 6.45) is 0. The topological polar surface area (TPSA) is 88.5 Å². The minimum atomic E-state index is -0.790. The molecule has 210 valence electrons. The van der Waals surface area contributed by atoms with E-state index in [2.05, 4.69) is 0 Å². The highest BCUT2D eigenvalue weighted by atomic mass is 16.5. The summed E-state index contributed by atoms with van der Waals surface area (Å²) in [7, 11) is 5.33. The van der Waals surface area contributed by atoms with Crippen molar-refractivity contribution in [2.75, 3.05) is 40.9 Å². The Hall–Kier alpha value is -4.30. The van der Waals surface area contributed by atoms with E-state index in [0.717, 1.165) is 11.1 Å². The molecule has 8 nitrogen and oxygen atoms in total. The van der Waals surface area contributed by atoms with Crippen molar-refractivity contribution in [1.29, 1.82) is 0 Å². The lowest BCUT2D eigenvalue weighted by atomic mass is 9.95. The van der Waals surface area contributed by atoms with E-state index in [1.54, 1.807) is 42.5 Å². The summed E-state index contributed by atoms with van der Waals surface area (Å²) in [6, 6.07) is 19.4. The van der Waals surface area contributed by atoms with Gasteiger partial charge in [-0.15, -0.1) is 0 Å². The number of hydrogen-bond acceptors (Lipinski definition) is 7. The second-order valence-corrected chi connectivity index (χ2v) is 9.88. The lowest BCUT2D eigenvalue weighted by Gasteiger charge is -2.27. The molecule has 0 radical (unpaired) electrons. The molecule has 1 saturated heterocycles. The standard InChI is InChI=1S/C32H36N2O6/c1-6-39-26-16-13-23(19-27(26)38-5)29-28(31(36)32(37)34(29)18-17-33(3)4)30(35)22-11-14-25(15-12-22)40-20-24-10-8-7-9-21(24)2/h7-16,19,29,35H,6,17-18,20H2,1-5H3/b30-28+. The molecule has 1 unspecified atom stereocenters. The van der Waals surface area contributed by atoms with Gasteiger partial charge in [0, 0.05) is 18.7 Å². The quantitative estimate of drug-likeness (QED) is 0.207. The second-order valence-electron chi connectivity index (χ2n) is 9.88. The average Bonchev–Trinajstić information content (AvgIpc) is 3.21. The largest absolute Gasteiger partial charge is 0.507 e. The fourth-order valence-electron chi connectivity index (χ4n) is 4.69. The molecule has 40 heavy (non-hydrogen) atoms. The van der Waals surface area contributed by atoms with Gasteiger partial charge in [0.15, 0.2) is 11.5 Å². The van der Waals surface area contributed by atoms with Crippen molar-refractivity contribution in [3.05, 3.63) is 94.6 Å². The van der Waals surface area contributed by atoms with E-state index in [-0.39, 0.29) is 11.3 Å². The van der Waals surface area contributed by atoms with Gasteiger partial charge in [-0.05, 0) is 81.0 Å². The molecule has 1 atom stereocenters. The van der Waals surface area contributed by atoms with Crippen LogP contribution >= 0.6 is 0 Å². The predicted molar refractivity (Wildman–Crippen MR) is 154 cm³/mol. The third kappa shape index (κ3) is 6.13. The summed E-state index contributed by atoms with van der Waals surface area (Å²) >= 11 is 0. The molecule has 1 heterocycles. The number of ether oxygens (including phenoxy) is 3. The first-order valence-electron chi connectivity index (χ1n) is 13.3. The van der Waals surface area contributed by atoms with Crippen molar-refractivity contribution in [3.63, 3.8) is 0 Å². The van der Waals surface area contributed by atoms with Crippen molar-refractivity contribution in [2.45, 2.75) is 26.5 Å². The fraction of sp³-hybridized carbons (Fsp3) is 0.312. The number of methoxy groups -OCH3 is 1. The number of aliphatic hydroxyl groups excluding tert-OH is 1. The normalized spacial score (nSPS) is 16.4. The van der Waals surface area contributed by atoms with Gasteiger partial charge in [-0.1, -0.05) is 30.3 Å². The lowest BCUT2D eigenvalue weighted by Crippen LogP contribution is -2.35. The van der Waals surface area contributed by atoms with Gasteiger partial charge in [0.25, 0.3) is 11.7 Å². The van der Waals surface area contributed by atoms with E-state index in [1.807, 2.05) is 57.1 Å². The van der Waals surface area contributed by atoms with Gasteiger partial charge >= 0.3 is 0 Å². The number of carbonyl (C=O) groups is 2. The maximum absolute atomic E-state index is 13.3. The van der Waals surface area contributed by atoms with Gasteiger partial charge in [-0.25, -0.2) is 0 Å². The molecule has 0 aromatic heterocycles. The van der Waals surface area contributed by atoms with Crippen LogP contribution in [-0.2, 0) is 16.2 Å². The summed E-state index contributed by atoms with van der Waals surface area (Å²) in [5.41, 5.74) is 3.30. The van der Waals surface area contributed by atoms with Gasteiger partial charge < -0.3 is 29.1 Å². The van der Waals surface area contributed by atoms with Crippen LogP contribution in [0.25, 0.3) is 5.76 Å². The molecule has 8 heteroatoms. The summed E-state index contributed by atoms with van der Waals surface area (Å²) < 4.78 is 17.1. The maximum atomic E-state index is 13.3. The second kappa shape index (κ2) is 12.7. The molecule has 0 bridgehead atoms. The number of hydrogen-bond donors (Lipinski definition) is 1. The van der Waals surface area contributed by atoms with E-state index in [9.17, 15) is 14.7 Å². The molecule has 0 spiro atoms. The van der Waals surface area contributed by atoms with Crippen LogP contribution in [0.1, 0.15) is 35.2 Å².